The predicted octanol–water partition coefficient (Wildman–Crippen LogP) is 3.41. The first-order valence-corrected chi connectivity index (χ1v) is 8.64. The Morgan fingerprint density at radius 3 is 2.31 bits per heavy atom. The van der Waals surface area contributed by atoms with Gasteiger partial charge in [0.1, 0.15) is 18.2 Å². The molecule has 2 heterocycles. The lowest BCUT2D eigenvalue weighted by Gasteiger charge is -2.11. The maximum absolute atomic E-state index is 5.78. The van der Waals surface area contributed by atoms with E-state index in [4.69, 9.17) is 4.74 Å². The van der Waals surface area contributed by atoms with Gasteiger partial charge in [-0.2, -0.15) is 0 Å². The maximum Gasteiger partial charge on any atom is 0.127 e. The van der Waals surface area contributed by atoms with E-state index in [1.165, 1.54) is 11.1 Å². The fourth-order valence-corrected chi connectivity index (χ4v) is 2.49. The topological polar surface area (TPSA) is 50.3 Å². The van der Waals surface area contributed by atoms with Crippen molar-refractivity contribution >= 4 is 5.82 Å². The van der Waals surface area contributed by atoms with Gasteiger partial charge in [-0.3, -0.25) is 4.98 Å². The molecule has 0 radical (unpaired) electrons. The highest BCUT2D eigenvalue weighted by Crippen LogP contribution is 2.14. The normalized spacial score (nSPS) is 10.5. The van der Waals surface area contributed by atoms with Gasteiger partial charge in [0.25, 0.3) is 0 Å². The Morgan fingerprint density at radius 2 is 1.65 bits per heavy atom. The first kappa shape index (κ1) is 17.9. The maximum atomic E-state index is 5.78. The predicted molar refractivity (Wildman–Crippen MR) is 104 cm³/mol. The first-order chi connectivity index (χ1) is 12.7. The lowest BCUT2D eigenvalue weighted by atomic mass is 10.2. The van der Waals surface area contributed by atoms with Crippen molar-refractivity contribution in [2.75, 3.05) is 19.0 Å². The van der Waals surface area contributed by atoms with E-state index in [0.29, 0.717) is 6.61 Å². The molecule has 0 bridgehead atoms. The van der Waals surface area contributed by atoms with Crippen LogP contribution in [0.25, 0.3) is 0 Å². The van der Waals surface area contributed by atoms with Crippen LogP contribution in [0.2, 0.25) is 0 Å². The lowest BCUT2D eigenvalue weighted by molar-refractivity contribution is 0.305. The van der Waals surface area contributed by atoms with Gasteiger partial charge in [0.15, 0.2) is 0 Å². The van der Waals surface area contributed by atoms with E-state index in [-0.39, 0.29) is 0 Å². The molecule has 0 aliphatic carbocycles. The Labute approximate surface area is 154 Å². The molecule has 0 unspecified atom stereocenters. The van der Waals surface area contributed by atoms with Crippen LogP contribution in [0.5, 0.6) is 5.75 Å². The second-order valence-corrected chi connectivity index (χ2v) is 6.32. The van der Waals surface area contributed by atoms with Crippen molar-refractivity contribution in [3.63, 3.8) is 0 Å². The molecule has 0 aliphatic rings. The molecule has 0 atom stereocenters. The van der Waals surface area contributed by atoms with Crippen molar-refractivity contribution in [1.29, 1.82) is 0 Å². The third kappa shape index (κ3) is 5.29. The van der Waals surface area contributed by atoms with E-state index in [9.17, 15) is 0 Å². The Balaban J connectivity index is 1.44. The highest BCUT2D eigenvalue weighted by molar-refractivity contribution is 5.37. The van der Waals surface area contributed by atoms with Gasteiger partial charge in [0, 0.05) is 51.3 Å². The SMILES string of the molecule is CN(C)c1ccc(CNCc2ccc(OCc3cccnc3)cc2)cn1. The van der Waals surface area contributed by atoms with Crippen LogP contribution in [0.15, 0.2) is 67.1 Å². The van der Waals surface area contributed by atoms with E-state index >= 15 is 0 Å². The molecule has 0 aliphatic heterocycles. The summed E-state index contributed by atoms with van der Waals surface area (Å²) >= 11 is 0. The number of nitrogens with one attached hydrogen (secondary N) is 1. The second-order valence-electron chi connectivity index (χ2n) is 6.32. The molecule has 5 nitrogen and oxygen atoms in total. The van der Waals surface area contributed by atoms with E-state index in [1.807, 2.05) is 61.7 Å². The van der Waals surface area contributed by atoms with Crippen LogP contribution < -0.4 is 15.0 Å². The molecular weight excluding hydrogens is 324 g/mol. The second kappa shape index (κ2) is 8.97. The highest BCUT2D eigenvalue weighted by Gasteiger charge is 2.00. The van der Waals surface area contributed by atoms with Gasteiger partial charge in [-0.15, -0.1) is 0 Å². The average Bonchev–Trinajstić information content (AvgIpc) is 2.68. The van der Waals surface area contributed by atoms with Gasteiger partial charge in [-0.05, 0) is 35.4 Å². The third-order valence-corrected chi connectivity index (χ3v) is 3.98. The molecule has 2 aromatic heterocycles. The van der Waals surface area contributed by atoms with Gasteiger partial charge in [-0.25, -0.2) is 4.98 Å². The number of nitrogens with zero attached hydrogens (tertiary/aromatic N) is 3. The summed E-state index contributed by atoms with van der Waals surface area (Å²) in [7, 11) is 3.98. The van der Waals surface area contributed by atoms with Crippen LogP contribution in [-0.4, -0.2) is 24.1 Å². The Hall–Kier alpha value is -2.92. The number of pyridine rings is 2. The zero-order chi connectivity index (χ0) is 18.2. The Bertz CT molecular complexity index is 787. The monoisotopic (exact) mass is 348 g/mol. The average molecular weight is 348 g/mol. The number of hydrogen-bond acceptors (Lipinski definition) is 5. The fraction of sp³-hybridized carbons (Fsp3) is 0.238. The largest absolute Gasteiger partial charge is 0.489 e. The van der Waals surface area contributed by atoms with Crippen LogP contribution in [0.4, 0.5) is 5.82 Å². The smallest absolute Gasteiger partial charge is 0.127 e. The Morgan fingerprint density at radius 1 is 0.885 bits per heavy atom. The minimum absolute atomic E-state index is 0.529. The number of aromatic nitrogens is 2. The van der Waals surface area contributed by atoms with Crippen molar-refractivity contribution in [3.8, 4) is 5.75 Å². The number of hydrogen-bond donors (Lipinski definition) is 1. The zero-order valence-corrected chi connectivity index (χ0v) is 15.2. The highest BCUT2D eigenvalue weighted by atomic mass is 16.5. The summed E-state index contributed by atoms with van der Waals surface area (Å²) in [5.41, 5.74) is 3.45. The van der Waals surface area contributed by atoms with E-state index < -0.39 is 0 Å². The number of rotatable bonds is 8. The summed E-state index contributed by atoms with van der Waals surface area (Å²) in [5.74, 6) is 1.83. The summed E-state index contributed by atoms with van der Waals surface area (Å²) in [6.45, 7) is 2.12. The molecule has 5 heteroatoms. The van der Waals surface area contributed by atoms with Crippen LogP contribution in [0.3, 0.4) is 0 Å². The van der Waals surface area contributed by atoms with E-state index in [0.717, 1.165) is 30.2 Å². The third-order valence-electron chi connectivity index (χ3n) is 3.98. The molecule has 0 amide bonds. The van der Waals surface area contributed by atoms with Crippen molar-refractivity contribution in [2.24, 2.45) is 0 Å². The molecule has 0 saturated heterocycles. The number of ether oxygens (including phenoxy) is 1. The van der Waals surface area contributed by atoms with Crippen molar-refractivity contribution < 1.29 is 4.74 Å². The van der Waals surface area contributed by atoms with Gasteiger partial charge in [0.2, 0.25) is 0 Å². The molecule has 1 N–H and O–H groups in total. The Kier molecular flexibility index (Phi) is 6.17. The van der Waals surface area contributed by atoms with Crippen LogP contribution >= 0.6 is 0 Å². The molecule has 0 fully saturated rings. The summed E-state index contributed by atoms with van der Waals surface area (Å²) in [6, 6.07) is 16.2. The lowest BCUT2D eigenvalue weighted by Crippen LogP contribution is -2.14. The molecule has 134 valence electrons. The molecule has 3 aromatic rings. The summed E-state index contributed by atoms with van der Waals surface area (Å²) in [4.78, 5) is 10.5. The first-order valence-electron chi connectivity index (χ1n) is 8.64. The standard InChI is InChI=1S/C21H24N4O/c1-25(2)21-10-7-18(15-24-21)13-23-12-17-5-8-20(9-6-17)26-16-19-4-3-11-22-14-19/h3-11,14-15,23H,12-13,16H2,1-2H3. The summed E-state index contributed by atoms with van der Waals surface area (Å²) in [5, 5.41) is 3.44. The van der Waals surface area contributed by atoms with Crippen LogP contribution in [0.1, 0.15) is 16.7 Å². The fourth-order valence-electron chi connectivity index (χ4n) is 2.49. The van der Waals surface area contributed by atoms with E-state index in [1.54, 1.807) is 6.20 Å². The van der Waals surface area contributed by atoms with Crippen molar-refractivity contribution in [3.05, 3.63) is 83.8 Å². The van der Waals surface area contributed by atoms with E-state index in [2.05, 4.69) is 33.5 Å². The van der Waals surface area contributed by atoms with Gasteiger partial charge < -0.3 is 15.0 Å². The van der Waals surface area contributed by atoms with Gasteiger partial charge in [0.05, 0.1) is 0 Å². The minimum atomic E-state index is 0.529. The van der Waals surface area contributed by atoms with Crippen molar-refractivity contribution in [2.45, 2.75) is 19.7 Å². The van der Waals surface area contributed by atoms with Crippen LogP contribution in [-0.2, 0) is 19.7 Å². The van der Waals surface area contributed by atoms with Crippen molar-refractivity contribution in [1.82, 2.24) is 15.3 Å². The molecule has 0 saturated carbocycles. The molecular formula is C21H24N4O. The molecule has 26 heavy (non-hydrogen) atoms. The number of benzene rings is 1. The van der Waals surface area contributed by atoms with Crippen LogP contribution in [0, 0.1) is 0 Å². The van der Waals surface area contributed by atoms with Gasteiger partial charge >= 0.3 is 0 Å². The number of anilines is 1. The molecule has 1 aromatic carbocycles. The summed E-state index contributed by atoms with van der Waals surface area (Å²) < 4.78 is 5.78. The molecule has 0 spiro atoms. The quantitative estimate of drug-likeness (QED) is 0.676. The molecule has 3 rings (SSSR count). The zero-order valence-electron chi connectivity index (χ0n) is 15.2. The summed E-state index contributed by atoms with van der Waals surface area (Å²) in [6.07, 6.45) is 5.49. The van der Waals surface area contributed by atoms with Gasteiger partial charge in [-0.1, -0.05) is 24.3 Å². The minimum Gasteiger partial charge on any atom is -0.489 e.